The van der Waals surface area contributed by atoms with E-state index in [4.69, 9.17) is 28.4 Å². The third kappa shape index (κ3) is 13.5. The Balaban J connectivity index is 1.48. The second-order valence-corrected chi connectivity index (χ2v) is 12.2. The molecule has 0 spiro atoms. The van der Waals surface area contributed by atoms with Crippen molar-refractivity contribution in [3.8, 4) is 23.0 Å². The van der Waals surface area contributed by atoms with Crippen LogP contribution in [0.5, 0.6) is 23.0 Å². The third-order valence-corrected chi connectivity index (χ3v) is 7.62. The van der Waals surface area contributed by atoms with Gasteiger partial charge in [-0.15, -0.1) is 0 Å². The molecule has 10 nitrogen and oxygen atoms in total. The maximum absolute atomic E-state index is 12.8. The highest BCUT2D eigenvalue weighted by Gasteiger charge is 2.17. The number of aryl methyl sites for hydroxylation is 1. The number of esters is 4. The molecule has 0 aliphatic rings. The zero-order valence-corrected chi connectivity index (χ0v) is 30.2. The highest BCUT2D eigenvalue weighted by molar-refractivity contribution is 5.92. The Morgan fingerprint density at radius 3 is 1.39 bits per heavy atom. The molecule has 0 radical (unpaired) electrons. The molecule has 0 aromatic heterocycles. The van der Waals surface area contributed by atoms with Crippen LogP contribution in [0.4, 0.5) is 0 Å². The molecule has 3 rings (SSSR count). The van der Waals surface area contributed by atoms with E-state index in [1.807, 2.05) is 13.8 Å². The molecule has 2 unspecified atom stereocenters. The number of benzene rings is 3. The fourth-order valence-corrected chi connectivity index (χ4v) is 4.79. The van der Waals surface area contributed by atoms with E-state index in [0.717, 1.165) is 25.7 Å². The van der Waals surface area contributed by atoms with Gasteiger partial charge in [0.1, 0.15) is 35.2 Å². The second-order valence-electron chi connectivity index (χ2n) is 12.2. The van der Waals surface area contributed by atoms with Crippen LogP contribution in [0, 0.1) is 6.92 Å². The van der Waals surface area contributed by atoms with Gasteiger partial charge in [0.15, 0.2) is 0 Å². The van der Waals surface area contributed by atoms with Crippen LogP contribution in [0.2, 0.25) is 0 Å². The second kappa shape index (κ2) is 20.3. The van der Waals surface area contributed by atoms with E-state index < -0.39 is 23.9 Å². The molecule has 0 saturated carbocycles. The molecule has 0 bridgehead atoms. The Hall–Kier alpha value is -5.38. The quantitative estimate of drug-likeness (QED) is 0.0643. The van der Waals surface area contributed by atoms with E-state index in [-0.39, 0.29) is 12.2 Å². The van der Waals surface area contributed by atoms with Crippen molar-refractivity contribution in [1.29, 1.82) is 0 Å². The highest BCUT2D eigenvalue weighted by Crippen LogP contribution is 2.26. The van der Waals surface area contributed by atoms with Gasteiger partial charge in [0.05, 0.1) is 24.3 Å². The van der Waals surface area contributed by atoms with E-state index in [1.165, 1.54) is 0 Å². The number of hydrogen-bond donors (Lipinski definition) is 0. The van der Waals surface area contributed by atoms with Gasteiger partial charge in [0.2, 0.25) is 0 Å². The minimum absolute atomic E-state index is 0.262. The summed E-state index contributed by atoms with van der Waals surface area (Å²) in [4.78, 5) is 49.4. The van der Waals surface area contributed by atoms with Gasteiger partial charge >= 0.3 is 23.9 Å². The van der Waals surface area contributed by atoms with Crippen LogP contribution in [0.1, 0.15) is 92.5 Å². The lowest BCUT2D eigenvalue weighted by atomic mass is 10.1. The molecule has 0 aliphatic heterocycles. The summed E-state index contributed by atoms with van der Waals surface area (Å²) in [6, 6.07) is 17.8. The Labute approximate surface area is 300 Å². The molecular formula is C41H48O10. The topological polar surface area (TPSA) is 124 Å². The summed E-state index contributed by atoms with van der Waals surface area (Å²) in [5.74, 6) is -0.188. The zero-order valence-electron chi connectivity index (χ0n) is 30.2. The van der Waals surface area contributed by atoms with Crippen LogP contribution in [0.15, 0.2) is 91.0 Å². The Morgan fingerprint density at radius 1 is 0.588 bits per heavy atom. The maximum Gasteiger partial charge on any atom is 0.343 e. The largest absolute Gasteiger partial charge is 0.493 e. The summed E-state index contributed by atoms with van der Waals surface area (Å²) in [7, 11) is 0. The molecule has 0 amide bonds. The standard InChI is InChI=1S/C41H48O10/c1-8-10-34(48-38(42)27(3)4)22-24-46-32-16-12-30(13-17-32)40(44)50-36-20-21-37(29(7)26-36)51-41(45)31-14-18-33(19-15-31)47-25-23-35(11-9-2)49-39(43)28(5)6/h12-21,26,34-35H,3,5,8-11,22-25H2,1-2,4,6-7H3. The average molecular weight is 701 g/mol. The van der Waals surface area contributed by atoms with Crippen molar-refractivity contribution in [2.24, 2.45) is 0 Å². The van der Waals surface area contributed by atoms with Crippen LogP contribution in [0.25, 0.3) is 0 Å². The number of hydrogen-bond acceptors (Lipinski definition) is 10. The highest BCUT2D eigenvalue weighted by atomic mass is 16.6. The van der Waals surface area contributed by atoms with Crippen LogP contribution >= 0.6 is 0 Å². The summed E-state index contributed by atoms with van der Waals surface area (Å²) in [6.45, 7) is 16.9. The maximum atomic E-state index is 12.8. The van der Waals surface area contributed by atoms with Crippen LogP contribution in [-0.2, 0) is 19.1 Å². The first-order valence-corrected chi connectivity index (χ1v) is 17.1. The summed E-state index contributed by atoms with van der Waals surface area (Å²) in [6.07, 6.45) is 3.71. The lowest BCUT2D eigenvalue weighted by molar-refractivity contribution is -0.146. The van der Waals surface area contributed by atoms with Gasteiger partial charge in [-0.3, -0.25) is 0 Å². The minimum atomic E-state index is -0.559. The van der Waals surface area contributed by atoms with Crippen molar-refractivity contribution >= 4 is 23.9 Å². The van der Waals surface area contributed by atoms with Crippen molar-refractivity contribution in [2.75, 3.05) is 13.2 Å². The lowest BCUT2D eigenvalue weighted by Gasteiger charge is -2.17. The molecule has 0 heterocycles. The molecule has 0 fully saturated rings. The molecule has 272 valence electrons. The molecule has 2 atom stereocenters. The number of carbonyl (C=O) groups excluding carboxylic acids is 4. The molecular weight excluding hydrogens is 652 g/mol. The summed E-state index contributed by atoms with van der Waals surface area (Å²) >= 11 is 0. The van der Waals surface area contributed by atoms with Gasteiger partial charge in [0, 0.05) is 24.0 Å². The van der Waals surface area contributed by atoms with Crippen molar-refractivity contribution in [2.45, 2.75) is 85.4 Å². The minimum Gasteiger partial charge on any atom is -0.493 e. The fraction of sp³-hybridized carbons (Fsp3) is 0.366. The molecule has 0 saturated heterocycles. The Bertz CT molecular complexity index is 1660. The Kier molecular flexibility index (Phi) is 16.0. The molecule has 3 aromatic carbocycles. The monoisotopic (exact) mass is 700 g/mol. The number of carbonyl (C=O) groups is 4. The van der Waals surface area contributed by atoms with E-state index in [1.54, 1.807) is 87.5 Å². The first-order chi connectivity index (χ1) is 24.4. The lowest BCUT2D eigenvalue weighted by Crippen LogP contribution is -2.21. The van der Waals surface area contributed by atoms with Crippen LogP contribution < -0.4 is 18.9 Å². The van der Waals surface area contributed by atoms with E-state index >= 15 is 0 Å². The van der Waals surface area contributed by atoms with Crippen molar-refractivity contribution < 1.29 is 47.6 Å². The number of rotatable bonds is 20. The summed E-state index contributed by atoms with van der Waals surface area (Å²) in [5, 5.41) is 0. The van der Waals surface area contributed by atoms with Crippen molar-refractivity contribution in [3.05, 3.63) is 108 Å². The van der Waals surface area contributed by atoms with Crippen LogP contribution in [-0.4, -0.2) is 49.3 Å². The van der Waals surface area contributed by atoms with Gasteiger partial charge < -0.3 is 28.4 Å². The molecule has 0 N–H and O–H groups in total. The normalized spacial score (nSPS) is 11.8. The van der Waals surface area contributed by atoms with Crippen molar-refractivity contribution in [1.82, 2.24) is 0 Å². The van der Waals surface area contributed by atoms with E-state index in [0.29, 0.717) is 76.9 Å². The smallest absolute Gasteiger partial charge is 0.343 e. The van der Waals surface area contributed by atoms with Gasteiger partial charge in [-0.2, -0.15) is 0 Å². The summed E-state index contributed by atoms with van der Waals surface area (Å²) < 4.78 is 33.7. The zero-order chi connectivity index (χ0) is 37.3. The van der Waals surface area contributed by atoms with Gasteiger partial charge in [0.25, 0.3) is 0 Å². The van der Waals surface area contributed by atoms with Gasteiger partial charge in [-0.05, 0) is 106 Å². The molecule has 3 aromatic rings. The third-order valence-electron chi connectivity index (χ3n) is 7.62. The average Bonchev–Trinajstić information content (AvgIpc) is 3.10. The van der Waals surface area contributed by atoms with Crippen LogP contribution in [0.3, 0.4) is 0 Å². The predicted molar refractivity (Wildman–Crippen MR) is 193 cm³/mol. The van der Waals surface area contributed by atoms with Gasteiger partial charge in [-0.1, -0.05) is 39.8 Å². The SMILES string of the molecule is C=C(C)C(=O)OC(CCC)CCOc1ccc(C(=O)Oc2ccc(OC(=O)c3ccc(OCCC(CCC)OC(=O)C(=C)C)cc3)c(C)c2)cc1. The molecule has 0 aliphatic carbocycles. The van der Waals surface area contributed by atoms with Gasteiger partial charge in [-0.25, -0.2) is 19.2 Å². The molecule has 10 heteroatoms. The van der Waals surface area contributed by atoms with Crippen molar-refractivity contribution in [3.63, 3.8) is 0 Å². The van der Waals surface area contributed by atoms with E-state index in [9.17, 15) is 19.2 Å². The summed E-state index contributed by atoms with van der Waals surface area (Å²) in [5.41, 5.74) is 1.97. The van der Waals surface area contributed by atoms with E-state index in [2.05, 4.69) is 13.2 Å². The predicted octanol–water partition coefficient (Wildman–Crippen LogP) is 8.55. The molecule has 51 heavy (non-hydrogen) atoms. The number of ether oxygens (including phenoxy) is 6. The first kappa shape index (κ1) is 40.1. The fourth-order valence-electron chi connectivity index (χ4n) is 4.79. The first-order valence-electron chi connectivity index (χ1n) is 17.1. The Morgan fingerprint density at radius 2 is 1.00 bits per heavy atom.